The molecule has 115 valence electrons. The molecule has 0 fully saturated rings. The van der Waals surface area contributed by atoms with Crippen LogP contribution >= 0.6 is 0 Å². The summed E-state index contributed by atoms with van der Waals surface area (Å²) in [5, 5.41) is 0. The minimum absolute atomic E-state index is 0.693. The zero-order valence-electron chi connectivity index (χ0n) is 13.3. The van der Waals surface area contributed by atoms with E-state index in [1.807, 2.05) is 42.5 Å². The SMILES string of the molecule is [CH2]c1oc(-c2ccccc2)c(-c2ccccc2)c1-c1ccccc1. The number of hydrogen-bond donors (Lipinski definition) is 0. The van der Waals surface area contributed by atoms with Gasteiger partial charge in [0.2, 0.25) is 0 Å². The Labute approximate surface area is 142 Å². The average Bonchev–Trinajstić information content (AvgIpc) is 3.01. The third-order valence-corrected chi connectivity index (χ3v) is 4.14. The van der Waals surface area contributed by atoms with E-state index in [1.54, 1.807) is 0 Å². The maximum absolute atomic E-state index is 6.13. The van der Waals surface area contributed by atoms with Gasteiger partial charge in [0.15, 0.2) is 0 Å². The lowest BCUT2D eigenvalue weighted by molar-refractivity contribution is 0.565. The first-order chi connectivity index (χ1) is 11.8. The van der Waals surface area contributed by atoms with E-state index >= 15 is 0 Å². The van der Waals surface area contributed by atoms with Gasteiger partial charge in [-0.05, 0) is 11.1 Å². The number of benzene rings is 3. The predicted molar refractivity (Wildman–Crippen MR) is 99.5 cm³/mol. The van der Waals surface area contributed by atoms with Crippen LogP contribution in [0.3, 0.4) is 0 Å². The van der Waals surface area contributed by atoms with Gasteiger partial charge in [-0.2, -0.15) is 0 Å². The topological polar surface area (TPSA) is 13.1 Å². The summed E-state index contributed by atoms with van der Waals surface area (Å²) < 4.78 is 6.13. The molecular formula is C23H17O. The summed E-state index contributed by atoms with van der Waals surface area (Å²) in [6.45, 7) is 4.16. The minimum Gasteiger partial charge on any atom is -0.460 e. The van der Waals surface area contributed by atoms with Crippen molar-refractivity contribution in [1.29, 1.82) is 0 Å². The molecule has 0 amide bonds. The van der Waals surface area contributed by atoms with Crippen LogP contribution in [0.2, 0.25) is 0 Å². The van der Waals surface area contributed by atoms with Gasteiger partial charge in [0.1, 0.15) is 11.5 Å². The van der Waals surface area contributed by atoms with Crippen LogP contribution in [0.25, 0.3) is 33.6 Å². The van der Waals surface area contributed by atoms with Gasteiger partial charge >= 0.3 is 0 Å². The molecule has 0 spiro atoms. The molecule has 0 aliphatic rings. The Morgan fingerprint density at radius 1 is 0.500 bits per heavy atom. The highest BCUT2D eigenvalue weighted by Crippen LogP contribution is 2.44. The molecule has 1 radical (unpaired) electrons. The van der Waals surface area contributed by atoms with Gasteiger partial charge in [0.05, 0.1) is 0 Å². The number of furan rings is 1. The summed E-state index contributed by atoms with van der Waals surface area (Å²) >= 11 is 0. The van der Waals surface area contributed by atoms with Crippen LogP contribution in [-0.4, -0.2) is 0 Å². The molecule has 0 N–H and O–H groups in total. The third-order valence-electron chi connectivity index (χ3n) is 4.14. The zero-order chi connectivity index (χ0) is 16.4. The summed E-state index contributed by atoms with van der Waals surface area (Å²) in [5.41, 5.74) is 5.46. The summed E-state index contributed by atoms with van der Waals surface area (Å²) in [6.07, 6.45) is 0. The van der Waals surface area contributed by atoms with Gasteiger partial charge < -0.3 is 4.42 Å². The molecule has 4 rings (SSSR count). The molecule has 0 unspecified atom stereocenters. The van der Waals surface area contributed by atoms with Crippen LogP contribution in [0.5, 0.6) is 0 Å². The molecular weight excluding hydrogens is 292 g/mol. The predicted octanol–water partition coefficient (Wildman–Crippen LogP) is 6.46. The van der Waals surface area contributed by atoms with E-state index in [2.05, 4.69) is 55.5 Å². The van der Waals surface area contributed by atoms with Gasteiger partial charge in [-0.1, -0.05) is 91.0 Å². The van der Waals surface area contributed by atoms with Crippen LogP contribution in [-0.2, 0) is 0 Å². The Balaban J connectivity index is 2.03. The highest BCUT2D eigenvalue weighted by atomic mass is 16.3. The van der Waals surface area contributed by atoms with Crippen molar-refractivity contribution in [3.05, 3.63) is 104 Å². The van der Waals surface area contributed by atoms with Gasteiger partial charge in [0, 0.05) is 23.6 Å². The molecule has 1 heteroatoms. The van der Waals surface area contributed by atoms with Crippen molar-refractivity contribution >= 4 is 0 Å². The Hall–Kier alpha value is -3.06. The maximum Gasteiger partial charge on any atom is 0.142 e. The molecule has 3 aromatic carbocycles. The fourth-order valence-electron chi connectivity index (χ4n) is 3.06. The van der Waals surface area contributed by atoms with Gasteiger partial charge in [-0.3, -0.25) is 0 Å². The van der Waals surface area contributed by atoms with Gasteiger partial charge in [0.25, 0.3) is 0 Å². The molecule has 1 heterocycles. The maximum atomic E-state index is 6.13. The van der Waals surface area contributed by atoms with E-state index in [0.29, 0.717) is 5.76 Å². The molecule has 0 saturated heterocycles. The molecule has 1 nitrogen and oxygen atoms in total. The molecule has 24 heavy (non-hydrogen) atoms. The van der Waals surface area contributed by atoms with Crippen LogP contribution in [0.4, 0.5) is 0 Å². The first-order valence-electron chi connectivity index (χ1n) is 7.99. The second kappa shape index (κ2) is 6.21. The van der Waals surface area contributed by atoms with E-state index in [0.717, 1.165) is 33.6 Å². The van der Waals surface area contributed by atoms with Crippen molar-refractivity contribution in [3.63, 3.8) is 0 Å². The molecule has 1 aromatic heterocycles. The summed E-state index contributed by atoms with van der Waals surface area (Å²) in [6, 6.07) is 30.9. The van der Waals surface area contributed by atoms with Crippen molar-refractivity contribution in [1.82, 2.24) is 0 Å². The van der Waals surface area contributed by atoms with Crippen LogP contribution in [0.15, 0.2) is 95.4 Å². The Bertz CT molecular complexity index is 936. The molecule has 0 aliphatic carbocycles. The lowest BCUT2D eigenvalue weighted by Crippen LogP contribution is -1.84. The Kier molecular flexibility index (Phi) is 3.76. The smallest absolute Gasteiger partial charge is 0.142 e. The monoisotopic (exact) mass is 309 g/mol. The molecule has 0 atom stereocenters. The second-order valence-electron chi connectivity index (χ2n) is 5.70. The molecule has 4 aromatic rings. The van der Waals surface area contributed by atoms with E-state index in [9.17, 15) is 0 Å². The quantitative estimate of drug-likeness (QED) is 0.423. The second-order valence-corrected chi connectivity index (χ2v) is 5.70. The molecule has 0 aliphatic heterocycles. The fourth-order valence-corrected chi connectivity index (χ4v) is 3.06. The molecule has 0 bridgehead atoms. The van der Waals surface area contributed by atoms with Crippen LogP contribution < -0.4 is 0 Å². The van der Waals surface area contributed by atoms with E-state index < -0.39 is 0 Å². The number of rotatable bonds is 3. The van der Waals surface area contributed by atoms with Crippen molar-refractivity contribution < 1.29 is 4.42 Å². The fraction of sp³-hybridized carbons (Fsp3) is 0. The Morgan fingerprint density at radius 2 is 0.917 bits per heavy atom. The molecule has 0 saturated carbocycles. The lowest BCUT2D eigenvalue weighted by Gasteiger charge is -2.07. The first kappa shape index (κ1) is 14.5. The number of hydrogen-bond acceptors (Lipinski definition) is 1. The Morgan fingerprint density at radius 3 is 1.42 bits per heavy atom. The van der Waals surface area contributed by atoms with Gasteiger partial charge in [-0.15, -0.1) is 0 Å². The summed E-state index contributed by atoms with van der Waals surface area (Å²) in [4.78, 5) is 0. The largest absolute Gasteiger partial charge is 0.460 e. The third kappa shape index (κ3) is 2.55. The first-order valence-corrected chi connectivity index (χ1v) is 7.99. The zero-order valence-corrected chi connectivity index (χ0v) is 13.3. The normalized spacial score (nSPS) is 10.7. The van der Waals surface area contributed by atoms with E-state index in [-0.39, 0.29) is 0 Å². The van der Waals surface area contributed by atoms with Crippen molar-refractivity contribution in [2.75, 3.05) is 0 Å². The highest BCUT2D eigenvalue weighted by Gasteiger charge is 2.21. The summed E-state index contributed by atoms with van der Waals surface area (Å²) in [7, 11) is 0. The van der Waals surface area contributed by atoms with E-state index in [1.165, 1.54) is 0 Å². The minimum atomic E-state index is 0.693. The van der Waals surface area contributed by atoms with Crippen LogP contribution in [0, 0.1) is 6.92 Å². The van der Waals surface area contributed by atoms with Crippen molar-refractivity contribution in [2.24, 2.45) is 0 Å². The van der Waals surface area contributed by atoms with Crippen LogP contribution in [0.1, 0.15) is 5.76 Å². The van der Waals surface area contributed by atoms with E-state index in [4.69, 9.17) is 4.42 Å². The van der Waals surface area contributed by atoms with Crippen molar-refractivity contribution in [3.8, 4) is 33.6 Å². The van der Waals surface area contributed by atoms with Crippen molar-refractivity contribution in [2.45, 2.75) is 0 Å². The standard InChI is InChI=1S/C23H17O/c1-17-21(18-11-5-2-6-12-18)22(19-13-7-3-8-14-19)23(24-17)20-15-9-4-10-16-20/h2-16H,1H2. The lowest BCUT2D eigenvalue weighted by atomic mass is 9.93. The van der Waals surface area contributed by atoms with Gasteiger partial charge in [-0.25, -0.2) is 0 Å². The highest BCUT2D eigenvalue weighted by molar-refractivity contribution is 5.94. The average molecular weight is 309 g/mol. The summed E-state index contributed by atoms with van der Waals surface area (Å²) in [5.74, 6) is 1.56.